The van der Waals surface area contributed by atoms with Crippen molar-refractivity contribution in [1.29, 1.82) is 0 Å². The van der Waals surface area contributed by atoms with E-state index in [1.807, 2.05) is 0 Å². The lowest BCUT2D eigenvalue weighted by Gasteiger charge is -2.18. The lowest BCUT2D eigenvalue weighted by Crippen LogP contribution is -2.29. The molecule has 0 fully saturated rings. The molecule has 11 nitrogen and oxygen atoms in total. The Hall–Kier alpha value is -4.28. The van der Waals surface area contributed by atoms with E-state index in [0.717, 1.165) is 10.6 Å². The molecular formula is C23H23N3O8. The van der Waals surface area contributed by atoms with Crippen molar-refractivity contribution in [3.8, 4) is 0 Å². The number of non-ortho nitro benzene ring substituents is 1. The predicted octanol–water partition coefficient (Wildman–Crippen LogP) is 3.30. The summed E-state index contributed by atoms with van der Waals surface area (Å²) in [5.41, 5.74) is 0.0852. The van der Waals surface area contributed by atoms with Gasteiger partial charge in [-0.1, -0.05) is 20.8 Å². The molecule has 3 rings (SSSR count). The van der Waals surface area contributed by atoms with Crippen LogP contribution in [0.5, 0.6) is 0 Å². The van der Waals surface area contributed by atoms with Crippen LogP contribution in [0.1, 0.15) is 38.1 Å². The number of hydrogen-bond donors (Lipinski definition) is 1. The summed E-state index contributed by atoms with van der Waals surface area (Å²) in [7, 11) is 0. The van der Waals surface area contributed by atoms with Gasteiger partial charge < -0.3 is 14.5 Å². The van der Waals surface area contributed by atoms with E-state index < -0.39 is 40.5 Å². The molecule has 1 unspecified atom stereocenters. The number of nitro benzene ring substituents is 1. The number of carbonyl (C=O) groups is 3. The molecule has 0 spiro atoms. The molecule has 0 radical (unpaired) electrons. The van der Waals surface area contributed by atoms with Gasteiger partial charge in [-0.15, -0.1) is 0 Å². The molecule has 3 aromatic rings. The van der Waals surface area contributed by atoms with Crippen LogP contribution in [-0.4, -0.2) is 33.3 Å². The molecule has 178 valence electrons. The number of hydrogen-bond acceptors (Lipinski definition) is 8. The zero-order valence-electron chi connectivity index (χ0n) is 19.0. The smallest absolute Gasteiger partial charge is 0.420 e. The van der Waals surface area contributed by atoms with Crippen LogP contribution >= 0.6 is 0 Å². The molecule has 0 aliphatic rings. The minimum atomic E-state index is -1.14. The topological polar surface area (TPSA) is 151 Å². The largest absolute Gasteiger partial charge is 0.453 e. The van der Waals surface area contributed by atoms with Gasteiger partial charge in [0.05, 0.1) is 16.5 Å². The second-order valence-electron chi connectivity index (χ2n) is 8.64. The lowest BCUT2D eigenvalue weighted by molar-refractivity contribution is -0.384. The standard InChI is InChI=1S/C23H23N3O8/c1-13(20(28)14-5-7-15(8-6-14)24-21(29)23(2,3)4)33-19(27)12-25-17-10-9-16(26(31)32)11-18(17)34-22(25)30/h5-11,13H,12H2,1-4H3,(H,24,29). The first-order valence-corrected chi connectivity index (χ1v) is 10.3. The Labute approximate surface area is 193 Å². The van der Waals surface area contributed by atoms with Crippen LogP contribution in [0.4, 0.5) is 11.4 Å². The predicted molar refractivity (Wildman–Crippen MR) is 122 cm³/mol. The van der Waals surface area contributed by atoms with Gasteiger partial charge in [0, 0.05) is 22.7 Å². The molecular weight excluding hydrogens is 446 g/mol. The van der Waals surface area contributed by atoms with Crippen LogP contribution in [0.25, 0.3) is 11.1 Å². The van der Waals surface area contributed by atoms with E-state index in [1.54, 1.807) is 32.9 Å². The minimum absolute atomic E-state index is 0.0465. The first-order valence-electron chi connectivity index (χ1n) is 10.3. The third-order valence-corrected chi connectivity index (χ3v) is 4.94. The number of benzene rings is 2. The molecule has 1 amide bonds. The van der Waals surface area contributed by atoms with E-state index in [2.05, 4.69) is 5.32 Å². The number of nitrogens with one attached hydrogen (secondary N) is 1. The second kappa shape index (κ2) is 9.30. The van der Waals surface area contributed by atoms with Gasteiger partial charge >= 0.3 is 11.7 Å². The van der Waals surface area contributed by atoms with Gasteiger partial charge in [-0.3, -0.25) is 29.1 Å². The number of oxazole rings is 1. The normalized spacial score (nSPS) is 12.2. The number of carbonyl (C=O) groups excluding carboxylic acids is 3. The zero-order valence-corrected chi connectivity index (χ0v) is 19.0. The van der Waals surface area contributed by atoms with Crippen molar-refractivity contribution in [3.63, 3.8) is 0 Å². The highest BCUT2D eigenvalue weighted by molar-refractivity contribution is 6.01. The Morgan fingerprint density at radius 2 is 1.79 bits per heavy atom. The van der Waals surface area contributed by atoms with Gasteiger partial charge in [0.2, 0.25) is 11.7 Å². The van der Waals surface area contributed by atoms with Crippen LogP contribution in [0, 0.1) is 15.5 Å². The zero-order chi connectivity index (χ0) is 25.2. The first-order chi connectivity index (χ1) is 15.9. The number of aromatic nitrogens is 1. The van der Waals surface area contributed by atoms with Crippen LogP contribution < -0.4 is 11.1 Å². The van der Waals surface area contributed by atoms with Crippen molar-refractivity contribution < 1.29 is 28.5 Å². The quantitative estimate of drug-likeness (QED) is 0.240. The van der Waals surface area contributed by atoms with Crippen molar-refractivity contribution >= 4 is 40.1 Å². The Morgan fingerprint density at radius 3 is 2.38 bits per heavy atom. The summed E-state index contributed by atoms with van der Waals surface area (Å²) in [4.78, 5) is 59.4. The highest BCUT2D eigenvalue weighted by Crippen LogP contribution is 2.21. The van der Waals surface area contributed by atoms with Crippen molar-refractivity contribution in [3.05, 3.63) is 68.7 Å². The molecule has 0 saturated heterocycles. The van der Waals surface area contributed by atoms with Crippen molar-refractivity contribution in [2.45, 2.75) is 40.3 Å². The van der Waals surface area contributed by atoms with Gasteiger partial charge in [0.25, 0.3) is 5.69 Å². The molecule has 0 aliphatic carbocycles. The summed E-state index contributed by atoms with van der Waals surface area (Å²) in [6.07, 6.45) is -1.14. The molecule has 0 bridgehead atoms. The Morgan fingerprint density at radius 1 is 1.15 bits per heavy atom. The van der Waals surface area contributed by atoms with Gasteiger partial charge in [-0.2, -0.15) is 0 Å². The van der Waals surface area contributed by atoms with Crippen LogP contribution in [0.3, 0.4) is 0 Å². The molecule has 1 aromatic heterocycles. The number of rotatable bonds is 7. The average molecular weight is 469 g/mol. The van der Waals surface area contributed by atoms with Gasteiger partial charge in [-0.25, -0.2) is 4.79 Å². The summed E-state index contributed by atoms with van der Waals surface area (Å²) in [5, 5.41) is 13.6. The van der Waals surface area contributed by atoms with Gasteiger partial charge in [0.15, 0.2) is 11.7 Å². The average Bonchev–Trinajstić information content (AvgIpc) is 3.07. The third kappa shape index (κ3) is 5.37. The van der Waals surface area contributed by atoms with E-state index in [4.69, 9.17) is 9.15 Å². The lowest BCUT2D eigenvalue weighted by atomic mass is 9.95. The Balaban J connectivity index is 1.66. The van der Waals surface area contributed by atoms with E-state index in [9.17, 15) is 29.3 Å². The molecule has 1 heterocycles. The van der Waals surface area contributed by atoms with Crippen molar-refractivity contribution in [2.75, 3.05) is 5.32 Å². The highest BCUT2D eigenvalue weighted by Gasteiger charge is 2.23. The molecule has 2 aromatic carbocycles. The van der Waals surface area contributed by atoms with E-state index in [-0.39, 0.29) is 28.3 Å². The van der Waals surface area contributed by atoms with E-state index in [1.165, 1.54) is 31.2 Å². The Bertz CT molecular complexity index is 1330. The summed E-state index contributed by atoms with van der Waals surface area (Å²) >= 11 is 0. The number of anilines is 1. The fourth-order valence-corrected chi connectivity index (χ4v) is 3.01. The molecule has 0 saturated carbocycles. The summed E-state index contributed by atoms with van der Waals surface area (Å²) in [6.45, 7) is 6.19. The van der Waals surface area contributed by atoms with Crippen LogP contribution in [0.15, 0.2) is 51.7 Å². The maximum atomic E-state index is 12.6. The molecule has 1 N–H and O–H groups in total. The second-order valence-corrected chi connectivity index (χ2v) is 8.64. The first kappa shape index (κ1) is 24.4. The van der Waals surface area contributed by atoms with Crippen LogP contribution in [-0.2, 0) is 20.9 Å². The summed E-state index contributed by atoms with van der Waals surface area (Å²) in [5.74, 6) is -2.40. The maximum absolute atomic E-state index is 12.6. The summed E-state index contributed by atoms with van der Waals surface area (Å²) < 4.78 is 11.1. The number of ketones is 1. The molecule has 1 atom stereocenters. The van der Waals surface area contributed by atoms with Crippen LogP contribution in [0.2, 0.25) is 0 Å². The van der Waals surface area contributed by atoms with Crippen molar-refractivity contribution in [1.82, 2.24) is 4.57 Å². The number of ether oxygens (including phenoxy) is 1. The SMILES string of the molecule is CC(OC(=O)Cn1c(=O)oc2cc([N+](=O)[O-])ccc21)C(=O)c1ccc(NC(=O)C(C)(C)C)cc1. The van der Waals surface area contributed by atoms with E-state index in [0.29, 0.717) is 5.69 Å². The van der Waals surface area contributed by atoms with E-state index >= 15 is 0 Å². The van der Waals surface area contributed by atoms with Gasteiger partial charge in [-0.05, 0) is 37.3 Å². The third-order valence-electron chi connectivity index (χ3n) is 4.94. The number of amides is 1. The fraction of sp³-hybridized carbons (Fsp3) is 0.304. The maximum Gasteiger partial charge on any atom is 0.420 e. The molecule has 0 aliphatic heterocycles. The summed E-state index contributed by atoms with van der Waals surface area (Å²) in [6, 6.07) is 9.71. The van der Waals surface area contributed by atoms with Gasteiger partial charge in [0.1, 0.15) is 6.54 Å². The number of nitro groups is 1. The number of Topliss-reactive ketones (excluding diaryl/α,β-unsaturated/α-hetero) is 1. The number of esters is 1. The van der Waals surface area contributed by atoms with Crippen molar-refractivity contribution in [2.24, 2.45) is 5.41 Å². The fourth-order valence-electron chi connectivity index (χ4n) is 3.01. The minimum Gasteiger partial charge on any atom is -0.453 e. The Kier molecular flexibility index (Phi) is 6.66. The number of nitrogens with zero attached hydrogens (tertiary/aromatic N) is 2. The highest BCUT2D eigenvalue weighted by atomic mass is 16.6. The monoisotopic (exact) mass is 469 g/mol. The number of fused-ring (bicyclic) bond motifs is 1. The molecule has 34 heavy (non-hydrogen) atoms. The molecule has 11 heteroatoms.